The number of esters is 1. The molecule has 1 atom stereocenters. The van der Waals surface area contributed by atoms with Crippen LogP contribution in [-0.2, 0) is 28.8 Å². The highest BCUT2D eigenvalue weighted by molar-refractivity contribution is 5.90. The number of pyridine rings is 1. The molecule has 1 aliphatic carbocycles. The average molecular weight is 462 g/mol. The van der Waals surface area contributed by atoms with Gasteiger partial charge in [0, 0.05) is 37.1 Å². The van der Waals surface area contributed by atoms with E-state index in [1.165, 1.54) is 5.56 Å². The van der Waals surface area contributed by atoms with Gasteiger partial charge in [0.25, 0.3) is 5.78 Å². The second-order valence-electron chi connectivity index (χ2n) is 9.63. The molecule has 1 fully saturated rings. The molecular weight excluding hydrogens is 430 g/mol. The van der Waals surface area contributed by atoms with Crippen molar-refractivity contribution in [2.24, 2.45) is 5.92 Å². The van der Waals surface area contributed by atoms with Gasteiger partial charge in [-0.2, -0.15) is 4.98 Å². The average Bonchev–Trinajstić information content (AvgIpc) is 3.50. The molecule has 2 aliphatic rings. The van der Waals surface area contributed by atoms with Gasteiger partial charge in [-0.3, -0.25) is 4.98 Å². The van der Waals surface area contributed by atoms with Crippen LogP contribution in [0.15, 0.2) is 42.1 Å². The lowest BCUT2D eigenvalue weighted by Crippen LogP contribution is -2.46. The van der Waals surface area contributed by atoms with Crippen LogP contribution in [0.2, 0.25) is 0 Å². The van der Waals surface area contributed by atoms with E-state index >= 15 is 0 Å². The highest BCUT2D eigenvalue weighted by atomic mass is 16.6. The summed E-state index contributed by atoms with van der Waals surface area (Å²) in [5.41, 5.74) is 2.75. The quantitative estimate of drug-likeness (QED) is 0.525. The van der Waals surface area contributed by atoms with Gasteiger partial charge in [-0.05, 0) is 68.2 Å². The third kappa shape index (κ3) is 4.41. The van der Waals surface area contributed by atoms with E-state index in [-0.39, 0.29) is 23.7 Å². The zero-order valence-corrected chi connectivity index (χ0v) is 19.8. The Labute approximate surface area is 199 Å². The fourth-order valence-electron chi connectivity index (χ4n) is 5.36. The first-order valence-electron chi connectivity index (χ1n) is 12.2. The van der Waals surface area contributed by atoms with E-state index in [2.05, 4.69) is 33.0 Å². The lowest BCUT2D eigenvalue weighted by molar-refractivity contribution is -0.167. The molecule has 178 valence electrons. The molecule has 1 unspecified atom stereocenters. The van der Waals surface area contributed by atoms with Crippen molar-refractivity contribution in [2.45, 2.75) is 77.2 Å². The minimum absolute atomic E-state index is 0.0985. The molecule has 1 aliphatic heterocycles. The Morgan fingerprint density at radius 2 is 2.09 bits per heavy atom. The third-order valence-electron chi connectivity index (χ3n) is 7.25. The number of aliphatic hydroxyl groups excluding tert-OH is 1. The molecule has 0 aromatic carbocycles. The lowest BCUT2D eigenvalue weighted by Gasteiger charge is -2.41. The van der Waals surface area contributed by atoms with Gasteiger partial charge in [0.2, 0.25) is 0 Å². The van der Waals surface area contributed by atoms with Crippen LogP contribution in [0.25, 0.3) is 5.78 Å². The number of carbonyl (C=O) groups is 1. The van der Waals surface area contributed by atoms with E-state index in [0.717, 1.165) is 43.4 Å². The number of rotatable bonds is 7. The van der Waals surface area contributed by atoms with Crippen LogP contribution in [0.1, 0.15) is 68.1 Å². The topological polar surface area (TPSA) is 103 Å². The summed E-state index contributed by atoms with van der Waals surface area (Å²) in [7, 11) is 0. The Hall–Kier alpha value is -3.29. The van der Waals surface area contributed by atoms with Crippen LogP contribution in [0.5, 0.6) is 0 Å². The maximum Gasteiger partial charge on any atom is 0.338 e. The van der Waals surface area contributed by atoms with E-state index in [1.807, 2.05) is 25.4 Å². The van der Waals surface area contributed by atoms with E-state index in [4.69, 9.17) is 4.74 Å². The molecule has 1 saturated carbocycles. The summed E-state index contributed by atoms with van der Waals surface area (Å²) in [6, 6.07) is 4.15. The number of aliphatic hydroxyl groups is 1. The van der Waals surface area contributed by atoms with Gasteiger partial charge in [-0.1, -0.05) is 19.8 Å². The highest BCUT2D eigenvalue weighted by Gasteiger charge is 2.48. The number of aryl methyl sites for hydroxylation is 3. The van der Waals surface area contributed by atoms with Crippen molar-refractivity contribution in [1.29, 1.82) is 0 Å². The van der Waals surface area contributed by atoms with Gasteiger partial charge < -0.3 is 9.84 Å². The summed E-state index contributed by atoms with van der Waals surface area (Å²) in [5.74, 6) is 0.780. The van der Waals surface area contributed by atoms with Crippen LogP contribution in [0.3, 0.4) is 0 Å². The first-order valence-corrected chi connectivity index (χ1v) is 12.2. The van der Waals surface area contributed by atoms with Crippen molar-refractivity contribution in [3.8, 4) is 0 Å². The second kappa shape index (κ2) is 9.16. The Morgan fingerprint density at radius 3 is 2.85 bits per heavy atom. The Bertz CT molecular complexity index is 1240. The van der Waals surface area contributed by atoms with Gasteiger partial charge >= 0.3 is 5.97 Å². The predicted octanol–water partition coefficient (Wildman–Crippen LogP) is 4.25. The van der Waals surface area contributed by atoms with E-state index in [1.54, 1.807) is 10.7 Å². The minimum atomic E-state index is -0.698. The maximum atomic E-state index is 13.2. The van der Waals surface area contributed by atoms with Crippen LogP contribution in [0.4, 0.5) is 0 Å². The van der Waals surface area contributed by atoms with Crippen molar-refractivity contribution in [3.05, 3.63) is 64.7 Å². The maximum absolute atomic E-state index is 13.2. The lowest BCUT2D eigenvalue weighted by atomic mass is 9.76. The molecular formula is C26H31N5O3. The molecule has 8 nitrogen and oxygen atoms in total. The fraction of sp³-hybridized carbons (Fsp3) is 0.500. The summed E-state index contributed by atoms with van der Waals surface area (Å²) in [4.78, 5) is 26.4. The van der Waals surface area contributed by atoms with Gasteiger partial charge in [-0.15, -0.1) is 5.10 Å². The van der Waals surface area contributed by atoms with E-state index < -0.39 is 11.6 Å². The molecule has 34 heavy (non-hydrogen) atoms. The number of carbonyl (C=O) groups excluding carboxylic acids is 1. The number of fused-ring (bicyclic) bond motifs is 1. The summed E-state index contributed by atoms with van der Waals surface area (Å²) in [6.07, 6.45) is 12.4. The first kappa shape index (κ1) is 22.5. The summed E-state index contributed by atoms with van der Waals surface area (Å²) in [5, 5.41) is 15.5. The Morgan fingerprint density at radius 1 is 1.26 bits per heavy atom. The standard InChI is InChI=1S/C26H31N5O3/c1-3-18-9-11-27-20(12-18)8-10-26(19-6-4-5-7-19)14-22(32)21(24(33)34-26)13-23-29-25-28-15-17(2)16-31(25)30-23/h9,11-12,15-16,19,32H,3-8,10,13-14H2,1-2H3. The summed E-state index contributed by atoms with van der Waals surface area (Å²) in [6.45, 7) is 4.05. The third-order valence-corrected chi connectivity index (χ3v) is 7.25. The molecule has 0 bridgehead atoms. The smallest absolute Gasteiger partial charge is 0.338 e. The largest absolute Gasteiger partial charge is 0.512 e. The molecule has 5 rings (SSSR count). The Kier molecular flexibility index (Phi) is 6.06. The highest BCUT2D eigenvalue weighted by Crippen LogP contribution is 2.45. The molecule has 0 saturated heterocycles. The first-order chi connectivity index (χ1) is 16.5. The zero-order valence-electron chi connectivity index (χ0n) is 19.8. The molecule has 4 heterocycles. The summed E-state index contributed by atoms with van der Waals surface area (Å²) >= 11 is 0. The molecule has 0 amide bonds. The van der Waals surface area contributed by atoms with Crippen molar-refractivity contribution < 1.29 is 14.6 Å². The normalized spacial score (nSPS) is 21.4. The fourth-order valence-corrected chi connectivity index (χ4v) is 5.36. The number of hydrogen-bond donors (Lipinski definition) is 1. The molecule has 0 spiro atoms. The molecule has 3 aromatic heterocycles. The van der Waals surface area contributed by atoms with Crippen molar-refractivity contribution in [2.75, 3.05) is 0 Å². The number of ether oxygens (including phenoxy) is 1. The van der Waals surface area contributed by atoms with Crippen molar-refractivity contribution >= 4 is 11.7 Å². The summed E-state index contributed by atoms with van der Waals surface area (Å²) < 4.78 is 7.82. The monoisotopic (exact) mass is 461 g/mol. The number of nitrogens with zero attached hydrogens (tertiary/aromatic N) is 5. The Balaban J connectivity index is 1.39. The second-order valence-corrected chi connectivity index (χ2v) is 9.63. The van der Waals surface area contributed by atoms with Crippen LogP contribution in [0, 0.1) is 12.8 Å². The molecule has 3 aromatic rings. The van der Waals surface area contributed by atoms with Gasteiger partial charge in [0.15, 0.2) is 5.82 Å². The van der Waals surface area contributed by atoms with E-state index in [0.29, 0.717) is 30.9 Å². The zero-order chi connectivity index (χ0) is 23.7. The molecule has 1 N–H and O–H groups in total. The number of hydrogen-bond acceptors (Lipinski definition) is 7. The van der Waals surface area contributed by atoms with Gasteiger partial charge in [0.1, 0.15) is 11.4 Å². The van der Waals surface area contributed by atoms with Gasteiger partial charge in [-0.25, -0.2) is 14.3 Å². The van der Waals surface area contributed by atoms with Crippen LogP contribution >= 0.6 is 0 Å². The minimum Gasteiger partial charge on any atom is -0.512 e. The van der Waals surface area contributed by atoms with Gasteiger partial charge in [0.05, 0.1) is 5.57 Å². The number of cyclic esters (lactones) is 1. The van der Waals surface area contributed by atoms with Crippen molar-refractivity contribution in [1.82, 2.24) is 24.6 Å². The van der Waals surface area contributed by atoms with Crippen molar-refractivity contribution in [3.63, 3.8) is 0 Å². The predicted molar refractivity (Wildman–Crippen MR) is 126 cm³/mol. The number of aromatic nitrogens is 5. The van der Waals surface area contributed by atoms with Crippen LogP contribution in [-0.4, -0.2) is 41.2 Å². The SMILES string of the molecule is CCc1ccnc(CCC2(C3CCCC3)CC(O)=C(Cc3nc4ncc(C)cn4n3)C(=O)O2)c1. The molecule has 8 heteroatoms. The van der Waals surface area contributed by atoms with Crippen LogP contribution < -0.4 is 0 Å². The van der Waals surface area contributed by atoms with E-state index in [9.17, 15) is 9.90 Å². The molecule has 0 radical (unpaired) electrons.